The van der Waals surface area contributed by atoms with Crippen LogP contribution in [0.3, 0.4) is 0 Å². The maximum atomic E-state index is 6.89. The minimum atomic E-state index is -0.105. The molecule has 3 aliphatic heterocycles. The smallest absolute Gasteiger partial charge is 0.252 e. The molecule has 348 valence electrons. The van der Waals surface area contributed by atoms with Crippen LogP contribution in [0.5, 0.6) is 11.5 Å². The summed E-state index contributed by atoms with van der Waals surface area (Å²) in [5.41, 5.74) is 19.6. The number of anilines is 6. The summed E-state index contributed by atoms with van der Waals surface area (Å²) in [6, 6.07) is 61.8. The van der Waals surface area contributed by atoms with Gasteiger partial charge in [-0.15, -0.1) is 0 Å². The van der Waals surface area contributed by atoms with E-state index in [-0.39, 0.29) is 17.5 Å². The lowest BCUT2D eigenvalue weighted by Gasteiger charge is -2.45. The number of fused-ring (bicyclic) bond motifs is 7. The fourth-order valence-electron chi connectivity index (χ4n) is 11.2. The van der Waals surface area contributed by atoms with Crippen molar-refractivity contribution in [2.45, 2.75) is 65.7 Å². The van der Waals surface area contributed by atoms with Crippen molar-refractivity contribution in [3.63, 3.8) is 0 Å². The highest BCUT2D eigenvalue weighted by Crippen LogP contribution is 2.54. The molecule has 0 saturated heterocycles. The van der Waals surface area contributed by atoms with Crippen molar-refractivity contribution >= 4 is 79.2 Å². The Kier molecular flexibility index (Phi) is 9.77. The Morgan fingerprint density at radius 2 is 1.03 bits per heavy atom. The molecule has 71 heavy (non-hydrogen) atoms. The maximum Gasteiger partial charge on any atom is 0.252 e. The molecule has 0 atom stereocenters. The third kappa shape index (κ3) is 7.15. The van der Waals surface area contributed by atoms with E-state index in [0.717, 1.165) is 113 Å². The van der Waals surface area contributed by atoms with Crippen LogP contribution in [-0.2, 0) is 10.8 Å². The summed E-state index contributed by atoms with van der Waals surface area (Å²) < 4.78 is 26.8. The molecule has 0 fully saturated rings. The van der Waals surface area contributed by atoms with E-state index in [1.807, 2.05) is 24.3 Å². The topological polar surface area (TPSA) is 51.2 Å². The molecule has 13 rings (SSSR count). The Labute approximate surface area is 416 Å². The maximum absolute atomic E-state index is 6.89. The first kappa shape index (κ1) is 43.1. The Morgan fingerprint density at radius 3 is 1.62 bits per heavy atom. The molecular formula is C64H55BN2O4. The van der Waals surface area contributed by atoms with Gasteiger partial charge in [0, 0.05) is 62.3 Å². The minimum Gasteiger partial charge on any atom is -0.489 e. The molecule has 3 aliphatic rings. The van der Waals surface area contributed by atoms with E-state index in [0.29, 0.717) is 13.2 Å². The van der Waals surface area contributed by atoms with Gasteiger partial charge in [-0.25, -0.2) is 0 Å². The summed E-state index contributed by atoms with van der Waals surface area (Å²) in [6.07, 6.45) is 0.799. The lowest BCUT2D eigenvalue weighted by molar-refractivity contribution is 0.297. The molecule has 0 bridgehead atoms. The third-order valence-corrected chi connectivity index (χ3v) is 14.7. The Hall–Kier alpha value is -7.90. The third-order valence-electron chi connectivity index (χ3n) is 14.7. The quantitative estimate of drug-likeness (QED) is 0.160. The molecular weight excluding hydrogens is 872 g/mol. The molecule has 0 radical (unpaired) electrons. The van der Waals surface area contributed by atoms with Crippen molar-refractivity contribution < 1.29 is 18.3 Å². The number of nitrogens with zero attached hydrogens (tertiary/aromatic N) is 2. The largest absolute Gasteiger partial charge is 0.489 e. The van der Waals surface area contributed by atoms with Crippen LogP contribution < -0.4 is 35.7 Å². The lowest BCUT2D eigenvalue weighted by atomic mass is 9.33. The zero-order valence-corrected chi connectivity index (χ0v) is 41.4. The van der Waals surface area contributed by atoms with Crippen molar-refractivity contribution in [2.75, 3.05) is 23.0 Å². The van der Waals surface area contributed by atoms with E-state index in [4.69, 9.17) is 18.3 Å². The molecule has 0 unspecified atom stereocenters. The van der Waals surface area contributed by atoms with Gasteiger partial charge in [-0.3, -0.25) is 0 Å². The van der Waals surface area contributed by atoms with Crippen LogP contribution in [0.25, 0.3) is 55.7 Å². The monoisotopic (exact) mass is 926 g/mol. The first-order chi connectivity index (χ1) is 34.4. The van der Waals surface area contributed by atoms with E-state index >= 15 is 0 Å². The second kappa shape index (κ2) is 16.1. The zero-order valence-electron chi connectivity index (χ0n) is 41.4. The van der Waals surface area contributed by atoms with Gasteiger partial charge < -0.3 is 28.1 Å². The van der Waals surface area contributed by atoms with Crippen LogP contribution in [0.2, 0.25) is 0 Å². The van der Waals surface area contributed by atoms with Crippen LogP contribution in [-0.4, -0.2) is 19.9 Å². The second-order valence-electron chi connectivity index (χ2n) is 21.6. The molecule has 0 aliphatic carbocycles. The van der Waals surface area contributed by atoms with Crippen molar-refractivity contribution in [1.82, 2.24) is 0 Å². The van der Waals surface area contributed by atoms with Crippen molar-refractivity contribution in [3.8, 4) is 45.3 Å². The highest BCUT2D eigenvalue weighted by molar-refractivity contribution is 7.00. The van der Waals surface area contributed by atoms with Gasteiger partial charge in [-0.1, -0.05) is 133 Å². The minimum absolute atomic E-state index is 0.101. The van der Waals surface area contributed by atoms with Gasteiger partial charge in [0.2, 0.25) is 0 Å². The van der Waals surface area contributed by atoms with Gasteiger partial charge in [-0.05, 0) is 135 Å². The molecule has 8 aromatic carbocycles. The predicted molar refractivity (Wildman–Crippen MR) is 294 cm³/mol. The van der Waals surface area contributed by atoms with Crippen LogP contribution in [0.15, 0.2) is 179 Å². The van der Waals surface area contributed by atoms with Crippen LogP contribution in [0.4, 0.5) is 34.1 Å². The van der Waals surface area contributed by atoms with Gasteiger partial charge in [0.15, 0.2) is 11.5 Å². The van der Waals surface area contributed by atoms with Gasteiger partial charge in [0.25, 0.3) is 6.71 Å². The molecule has 0 amide bonds. The average Bonchev–Trinajstić information content (AvgIpc) is 3.93. The molecule has 7 heteroatoms. The van der Waals surface area contributed by atoms with Crippen molar-refractivity contribution in [3.05, 3.63) is 187 Å². The predicted octanol–water partition coefficient (Wildman–Crippen LogP) is 15.3. The molecule has 0 N–H and O–H groups in total. The van der Waals surface area contributed by atoms with Crippen molar-refractivity contribution in [1.29, 1.82) is 0 Å². The van der Waals surface area contributed by atoms with Gasteiger partial charge in [-0.2, -0.15) is 0 Å². The summed E-state index contributed by atoms with van der Waals surface area (Å²) in [5, 5.41) is 2.12. The second-order valence-corrected chi connectivity index (χ2v) is 21.6. The van der Waals surface area contributed by atoms with Gasteiger partial charge >= 0.3 is 0 Å². The Balaban J connectivity index is 1.14. The summed E-state index contributed by atoms with van der Waals surface area (Å²) in [7, 11) is 0. The fourth-order valence-corrected chi connectivity index (χ4v) is 11.2. The standard InChI is InChI=1S/C64H55BN2O4/c1-39-30-53-60-54(31-39)67(61-48(40-16-9-8-10-17-40)24-27-57-62(61)69-29-15-28-68-57)52-26-23-46(64(5,6)7)38-50(52)65(60)49-37-45(63(2,3)4)22-25-51(49)66(53)47-33-43(58-35-41-18-11-13-20-55(41)70-58)32-44(34-47)59-36-42-19-12-14-21-56(42)71-59/h8-14,16-27,30-38H,15,28-29H2,1-7H3. The summed E-state index contributed by atoms with van der Waals surface area (Å²) in [5.74, 6) is 3.12. The highest BCUT2D eigenvalue weighted by atomic mass is 16.5. The van der Waals surface area contributed by atoms with Gasteiger partial charge in [0.05, 0.1) is 13.2 Å². The first-order valence-corrected chi connectivity index (χ1v) is 25.0. The SMILES string of the molecule is Cc1cc2c3c(c1)N(c1c(-c4ccccc4)ccc4c1OCCCO4)c1ccc(C(C)(C)C)cc1B3c1cc(C(C)(C)C)ccc1N2c1cc(-c2cc3ccccc3o2)cc(-c2cc3ccccc3o2)c1. The number of aryl methyl sites for hydroxylation is 1. The number of rotatable bonds is 5. The van der Waals surface area contributed by atoms with E-state index in [2.05, 4.69) is 204 Å². The number of benzene rings is 8. The summed E-state index contributed by atoms with van der Waals surface area (Å²) in [4.78, 5) is 5.00. The zero-order chi connectivity index (χ0) is 48.3. The number of ether oxygens (including phenoxy) is 2. The highest BCUT2D eigenvalue weighted by Gasteiger charge is 2.45. The number of hydrogen-bond donors (Lipinski definition) is 0. The normalized spacial score (nSPS) is 14.1. The molecule has 10 aromatic rings. The van der Waals surface area contributed by atoms with Crippen LogP contribution >= 0.6 is 0 Å². The first-order valence-electron chi connectivity index (χ1n) is 25.0. The summed E-state index contributed by atoms with van der Waals surface area (Å²) >= 11 is 0. The number of para-hydroxylation sites is 2. The molecule has 6 nitrogen and oxygen atoms in total. The van der Waals surface area contributed by atoms with Crippen LogP contribution in [0.1, 0.15) is 64.7 Å². The number of furan rings is 2. The molecule has 2 aromatic heterocycles. The Morgan fingerprint density at radius 1 is 0.479 bits per heavy atom. The average molecular weight is 927 g/mol. The fraction of sp³-hybridized carbons (Fsp3) is 0.188. The molecule has 5 heterocycles. The van der Waals surface area contributed by atoms with E-state index in [9.17, 15) is 0 Å². The van der Waals surface area contributed by atoms with E-state index < -0.39 is 0 Å². The number of hydrogen-bond acceptors (Lipinski definition) is 6. The van der Waals surface area contributed by atoms with E-state index in [1.54, 1.807) is 0 Å². The molecule has 0 spiro atoms. The van der Waals surface area contributed by atoms with Crippen LogP contribution in [0, 0.1) is 6.92 Å². The van der Waals surface area contributed by atoms with Crippen molar-refractivity contribution in [2.24, 2.45) is 0 Å². The Bertz CT molecular complexity index is 3600. The molecule has 0 saturated carbocycles. The lowest BCUT2D eigenvalue weighted by Crippen LogP contribution is -2.61. The van der Waals surface area contributed by atoms with Gasteiger partial charge in [0.1, 0.15) is 28.4 Å². The van der Waals surface area contributed by atoms with E-state index in [1.165, 1.54) is 27.5 Å². The summed E-state index contributed by atoms with van der Waals surface area (Å²) in [6.45, 7) is 17.2.